The van der Waals surface area contributed by atoms with Crippen molar-refractivity contribution in [2.24, 2.45) is 11.8 Å². The first-order valence-electron chi connectivity index (χ1n) is 5.63. The van der Waals surface area contributed by atoms with Crippen LogP contribution < -0.4 is 5.32 Å². The van der Waals surface area contributed by atoms with Crippen molar-refractivity contribution in [1.29, 1.82) is 0 Å². The van der Waals surface area contributed by atoms with Crippen LogP contribution in [0.15, 0.2) is 0 Å². The Hall–Kier alpha value is -1.10. The highest BCUT2D eigenvalue weighted by molar-refractivity contribution is 5.81. The van der Waals surface area contributed by atoms with Gasteiger partial charge < -0.3 is 5.32 Å². The van der Waals surface area contributed by atoms with Gasteiger partial charge in [-0.05, 0) is 19.3 Å². The normalized spacial score (nSPS) is 24.9. The number of hydrogen-bond donors (Lipinski definition) is 1. The molecule has 1 aliphatic carbocycles. The van der Waals surface area contributed by atoms with E-state index in [2.05, 4.69) is 5.32 Å². The van der Waals surface area contributed by atoms with E-state index < -0.39 is 0 Å². The quantitative estimate of drug-likeness (QED) is 0.718. The molecule has 0 radical (unpaired) electrons. The third-order valence-electron chi connectivity index (χ3n) is 3.22. The Bertz CT molecular complexity index is 268. The van der Waals surface area contributed by atoms with Gasteiger partial charge in [0.25, 0.3) is 0 Å². The largest absolute Gasteiger partial charge is 0.359 e. The summed E-state index contributed by atoms with van der Waals surface area (Å²) in [6, 6.07) is 0. The lowest BCUT2D eigenvalue weighted by molar-refractivity contribution is -0.175. The van der Waals surface area contributed by atoms with Crippen molar-refractivity contribution in [1.82, 2.24) is 10.4 Å². The first-order valence-corrected chi connectivity index (χ1v) is 5.63. The first kappa shape index (κ1) is 13.0. The molecule has 5 heteroatoms. The average Bonchev–Trinajstić information content (AvgIpc) is 2.36. The zero-order chi connectivity index (χ0) is 12.1. The Labute approximate surface area is 96.1 Å². The van der Waals surface area contributed by atoms with E-state index >= 15 is 0 Å². The lowest BCUT2D eigenvalue weighted by Gasteiger charge is -2.29. The molecule has 0 heterocycles. The van der Waals surface area contributed by atoms with Gasteiger partial charge in [-0.25, -0.2) is 5.06 Å². The molecule has 0 aliphatic heterocycles. The molecule has 1 aliphatic rings. The summed E-state index contributed by atoms with van der Waals surface area (Å²) in [5.74, 6) is -0.104. The van der Waals surface area contributed by atoms with E-state index in [4.69, 9.17) is 4.84 Å². The maximum Gasteiger partial charge on any atom is 0.248 e. The molecule has 1 N–H and O–H groups in total. The Morgan fingerprint density at radius 1 is 1.31 bits per heavy atom. The summed E-state index contributed by atoms with van der Waals surface area (Å²) in [5, 5.41) is 3.89. The molecule has 0 saturated heterocycles. The number of carbonyl (C=O) groups is 2. The van der Waals surface area contributed by atoms with Crippen LogP contribution in [0.2, 0.25) is 0 Å². The molecule has 0 aromatic rings. The SMILES string of the molecule is CNC(=O)C1CCCC(C(=O)N(C)OC)C1. The van der Waals surface area contributed by atoms with Crippen molar-refractivity contribution in [3.63, 3.8) is 0 Å². The molecule has 0 aromatic carbocycles. The van der Waals surface area contributed by atoms with E-state index in [9.17, 15) is 9.59 Å². The van der Waals surface area contributed by atoms with Crippen molar-refractivity contribution in [2.75, 3.05) is 21.2 Å². The summed E-state index contributed by atoms with van der Waals surface area (Å²) >= 11 is 0. The number of rotatable bonds is 3. The molecule has 0 bridgehead atoms. The predicted molar refractivity (Wildman–Crippen MR) is 59.3 cm³/mol. The molecule has 5 nitrogen and oxygen atoms in total. The second kappa shape index (κ2) is 5.84. The van der Waals surface area contributed by atoms with Crippen molar-refractivity contribution in [3.05, 3.63) is 0 Å². The third-order valence-corrected chi connectivity index (χ3v) is 3.22. The van der Waals surface area contributed by atoms with Crippen LogP contribution in [-0.2, 0) is 14.4 Å². The van der Waals surface area contributed by atoms with E-state index in [0.29, 0.717) is 6.42 Å². The van der Waals surface area contributed by atoms with Gasteiger partial charge in [0, 0.05) is 25.9 Å². The van der Waals surface area contributed by atoms with E-state index in [1.165, 1.54) is 12.2 Å². The Morgan fingerprint density at radius 2 is 1.94 bits per heavy atom. The average molecular weight is 228 g/mol. The van der Waals surface area contributed by atoms with E-state index in [0.717, 1.165) is 19.3 Å². The number of nitrogens with one attached hydrogen (secondary N) is 1. The fourth-order valence-electron chi connectivity index (χ4n) is 2.20. The monoisotopic (exact) mass is 228 g/mol. The van der Waals surface area contributed by atoms with Crippen LogP contribution in [0, 0.1) is 11.8 Å². The van der Waals surface area contributed by atoms with Crippen LogP contribution in [0.25, 0.3) is 0 Å². The molecule has 2 unspecified atom stereocenters. The number of nitrogens with zero attached hydrogens (tertiary/aromatic N) is 1. The molecule has 0 spiro atoms. The Kier molecular flexibility index (Phi) is 4.73. The zero-order valence-electron chi connectivity index (χ0n) is 10.2. The minimum atomic E-state index is -0.0824. The molecular formula is C11H20N2O3. The fourth-order valence-corrected chi connectivity index (χ4v) is 2.20. The van der Waals surface area contributed by atoms with E-state index in [1.807, 2.05) is 0 Å². The van der Waals surface area contributed by atoms with E-state index in [-0.39, 0.29) is 23.7 Å². The topological polar surface area (TPSA) is 58.6 Å². The third kappa shape index (κ3) is 2.95. The van der Waals surface area contributed by atoms with Gasteiger partial charge in [-0.15, -0.1) is 0 Å². The standard InChI is InChI=1S/C11H20N2O3/c1-12-10(14)8-5-4-6-9(7-8)11(15)13(2)16-3/h8-9H,4-7H2,1-3H3,(H,12,14). The highest BCUT2D eigenvalue weighted by Crippen LogP contribution is 2.30. The van der Waals surface area contributed by atoms with Gasteiger partial charge in [0.2, 0.25) is 11.8 Å². The molecule has 92 valence electrons. The van der Waals surface area contributed by atoms with Crippen LogP contribution in [0.3, 0.4) is 0 Å². The van der Waals surface area contributed by atoms with Crippen molar-refractivity contribution in [2.45, 2.75) is 25.7 Å². The van der Waals surface area contributed by atoms with Gasteiger partial charge in [-0.2, -0.15) is 0 Å². The second-order valence-electron chi connectivity index (χ2n) is 4.19. The summed E-state index contributed by atoms with van der Waals surface area (Å²) in [5.41, 5.74) is 0. The van der Waals surface area contributed by atoms with Crippen LogP contribution in [0.1, 0.15) is 25.7 Å². The van der Waals surface area contributed by atoms with E-state index in [1.54, 1.807) is 14.1 Å². The second-order valence-corrected chi connectivity index (χ2v) is 4.19. The molecule has 2 atom stereocenters. The maximum absolute atomic E-state index is 11.9. The van der Waals surface area contributed by atoms with Crippen LogP contribution >= 0.6 is 0 Å². The van der Waals surface area contributed by atoms with Gasteiger partial charge in [0.05, 0.1) is 7.11 Å². The number of amides is 2. The Morgan fingerprint density at radius 3 is 2.50 bits per heavy atom. The summed E-state index contributed by atoms with van der Waals surface area (Å²) in [6.45, 7) is 0. The molecule has 1 fully saturated rings. The molecular weight excluding hydrogens is 208 g/mol. The summed E-state index contributed by atoms with van der Waals surface area (Å²) in [6.07, 6.45) is 3.28. The molecule has 1 rings (SSSR count). The molecule has 2 amide bonds. The lowest BCUT2D eigenvalue weighted by Crippen LogP contribution is -2.38. The molecule has 0 aromatic heterocycles. The van der Waals surface area contributed by atoms with Gasteiger partial charge >= 0.3 is 0 Å². The van der Waals surface area contributed by atoms with Crippen LogP contribution in [0.5, 0.6) is 0 Å². The van der Waals surface area contributed by atoms with Crippen molar-refractivity contribution >= 4 is 11.8 Å². The van der Waals surface area contributed by atoms with Crippen molar-refractivity contribution in [3.8, 4) is 0 Å². The zero-order valence-corrected chi connectivity index (χ0v) is 10.2. The molecule has 16 heavy (non-hydrogen) atoms. The summed E-state index contributed by atoms with van der Waals surface area (Å²) in [4.78, 5) is 28.2. The highest BCUT2D eigenvalue weighted by Gasteiger charge is 2.32. The number of carbonyl (C=O) groups excluding carboxylic acids is 2. The predicted octanol–water partition coefficient (Wildman–Crippen LogP) is 0.559. The van der Waals surface area contributed by atoms with Gasteiger partial charge in [-0.1, -0.05) is 6.42 Å². The van der Waals surface area contributed by atoms with Crippen molar-refractivity contribution < 1.29 is 14.4 Å². The number of hydroxylamine groups is 2. The smallest absolute Gasteiger partial charge is 0.248 e. The lowest BCUT2D eigenvalue weighted by atomic mass is 9.80. The van der Waals surface area contributed by atoms with Gasteiger partial charge in [0.15, 0.2) is 0 Å². The number of hydrogen-bond acceptors (Lipinski definition) is 3. The van der Waals surface area contributed by atoms with Crippen LogP contribution in [-0.4, -0.2) is 38.1 Å². The molecule has 1 saturated carbocycles. The minimum Gasteiger partial charge on any atom is -0.359 e. The van der Waals surface area contributed by atoms with Gasteiger partial charge in [-0.3, -0.25) is 14.4 Å². The summed E-state index contributed by atoms with van der Waals surface area (Å²) in [7, 11) is 4.71. The van der Waals surface area contributed by atoms with Gasteiger partial charge in [0.1, 0.15) is 0 Å². The fraction of sp³-hybridized carbons (Fsp3) is 0.818. The Balaban J connectivity index is 2.56. The summed E-state index contributed by atoms with van der Waals surface area (Å²) < 4.78 is 0. The maximum atomic E-state index is 11.9. The first-order chi connectivity index (χ1) is 7.60. The highest BCUT2D eigenvalue weighted by atomic mass is 16.7. The van der Waals surface area contributed by atoms with Crippen LogP contribution in [0.4, 0.5) is 0 Å². The minimum absolute atomic E-state index is 0.0297.